The van der Waals surface area contributed by atoms with Crippen molar-refractivity contribution in [2.75, 3.05) is 4.90 Å². The van der Waals surface area contributed by atoms with Gasteiger partial charge in [0.05, 0.1) is 5.69 Å². The molecule has 0 amide bonds. The summed E-state index contributed by atoms with van der Waals surface area (Å²) in [6, 6.07) is 57.5. The third-order valence-corrected chi connectivity index (χ3v) is 11.4. The Hall–Kier alpha value is -5.60. The minimum absolute atomic E-state index is 0.701. The third kappa shape index (κ3) is 4.77. The number of furan rings is 1. The number of rotatable bonds is 6. The van der Waals surface area contributed by atoms with E-state index in [4.69, 9.17) is 4.42 Å². The number of benzene rings is 7. The van der Waals surface area contributed by atoms with Crippen molar-refractivity contribution in [1.29, 1.82) is 0 Å². The summed E-state index contributed by atoms with van der Waals surface area (Å²) in [4.78, 5) is 2.43. The summed E-state index contributed by atoms with van der Waals surface area (Å²) in [5.74, 6) is 2.48. The maximum Gasteiger partial charge on any atom is 0.137 e. The molecule has 3 unspecified atom stereocenters. The van der Waals surface area contributed by atoms with Gasteiger partial charge in [0.25, 0.3) is 0 Å². The molecular formula is C47H37NO. The van der Waals surface area contributed by atoms with E-state index in [1.165, 1.54) is 64.3 Å². The van der Waals surface area contributed by atoms with Crippen LogP contribution in [0.1, 0.15) is 37.2 Å². The van der Waals surface area contributed by atoms with E-state index in [2.05, 4.69) is 157 Å². The minimum Gasteiger partial charge on any atom is -0.456 e. The topological polar surface area (TPSA) is 16.4 Å². The minimum atomic E-state index is 0.701. The lowest BCUT2D eigenvalue weighted by Gasteiger charge is -2.29. The number of hydrogen-bond acceptors (Lipinski definition) is 2. The van der Waals surface area contributed by atoms with Crippen LogP contribution in [0.3, 0.4) is 0 Å². The van der Waals surface area contributed by atoms with Gasteiger partial charge in [-0.25, -0.2) is 0 Å². The predicted molar refractivity (Wildman–Crippen MR) is 205 cm³/mol. The maximum atomic E-state index is 6.44. The molecule has 0 saturated heterocycles. The van der Waals surface area contributed by atoms with Gasteiger partial charge in [-0.05, 0) is 106 Å². The summed E-state index contributed by atoms with van der Waals surface area (Å²) in [7, 11) is 0. The highest BCUT2D eigenvalue weighted by atomic mass is 16.3. The van der Waals surface area contributed by atoms with E-state index in [9.17, 15) is 0 Å². The largest absolute Gasteiger partial charge is 0.456 e. The monoisotopic (exact) mass is 631 g/mol. The fourth-order valence-corrected chi connectivity index (χ4v) is 9.12. The Morgan fingerprint density at radius 2 is 1.22 bits per heavy atom. The first-order valence-corrected chi connectivity index (χ1v) is 17.8. The van der Waals surface area contributed by atoms with Gasteiger partial charge < -0.3 is 9.32 Å². The van der Waals surface area contributed by atoms with E-state index in [1.54, 1.807) is 0 Å². The van der Waals surface area contributed by atoms with Crippen LogP contribution < -0.4 is 4.90 Å². The Kier molecular flexibility index (Phi) is 6.68. The normalized spacial score (nSPS) is 18.5. The predicted octanol–water partition coefficient (Wildman–Crippen LogP) is 13.4. The Morgan fingerprint density at radius 3 is 2.04 bits per heavy atom. The van der Waals surface area contributed by atoms with Crippen LogP contribution in [0.5, 0.6) is 0 Å². The average molecular weight is 632 g/mol. The molecule has 3 atom stereocenters. The van der Waals surface area contributed by atoms with E-state index >= 15 is 0 Å². The van der Waals surface area contributed by atoms with Crippen molar-refractivity contribution in [2.24, 2.45) is 11.8 Å². The molecule has 49 heavy (non-hydrogen) atoms. The lowest BCUT2D eigenvalue weighted by Crippen LogP contribution is -2.12. The first kappa shape index (κ1) is 28.4. The number of fused-ring (bicyclic) bond motifs is 6. The van der Waals surface area contributed by atoms with E-state index < -0.39 is 0 Å². The lowest BCUT2D eigenvalue weighted by molar-refractivity contribution is 0.420. The highest BCUT2D eigenvalue weighted by Gasteiger charge is 2.40. The molecule has 1 heterocycles. The van der Waals surface area contributed by atoms with Crippen molar-refractivity contribution in [3.8, 4) is 22.3 Å². The van der Waals surface area contributed by atoms with Crippen molar-refractivity contribution in [2.45, 2.75) is 31.6 Å². The van der Waals surface area contributed by atoms with Crippen LogP contribution in [0, 0.1) is 11.8 Å². The van der Waals surface area contributed by atoms with Gasteiger partial charge in [0.1, 0.15) is 11.2 Å². The summed E-state index contributed by atoms with van der Waals surface area (Å²) in [5, 5.41) is 4.79. The van der Waals surface area contributed by atoms with Crippen LogP contribution in [-0.2, 0) is 0 Å². The Bertz CT molecular complexity index is 2470. The molecule has 10 rings (SSSR count). The van der Waals surface area contributed by atoms with Crippen LogP contribution in [0.2, 0.25) is 0 Å². The van der Waals surface area contributed by atoms with Crippen LogP contribution in [0.25, 0.3) is 55.0 Å². The molecule has 2 bridgehead atoms. The fraction of sp³-hybridized carbons (Fsp3) is 0.149. The maximum absolute atomic E-state index is 6.44. The van der Waals surface area contributed by atoms with Crippen molar-refractivity contribution in [3.05, 3.63) is 163 Å². The average Bonchev–Trinajstić information content (AvgIpc) is 3.90. The Labute approximate surface area is 287 Å². The second kappa shape index (κ2) is 11.5. The Morgan fingerprint density at radius 1 is 0.510 bits per heavy atom. The molecule has 1 aromatic heterocycles. The second-order valence-corrected chi connectivity index (χ2v) is 14.1. The zero-order chi connectivity index (χ0) is 32.3. The van der Waals surface area contributed by atoms with E-state index in [0.29, 0.717) is 5.92 Å². The Balaban J connectivity index is 1.17. The fourth-order valence-electron chi connectivity index (χ4n) is 9.12. The molecule has 2 heteroatoms. The molecule has 2 aliphatic rings. The van der Waals surface area contributed by atoms with Gasteiger partial charge in [0.15, 0.2) is 0 Å². The van der Waals surface area contributed by atoms with E-state index in [-0.39, 0.29) is 0 Å². The molecule has 0 aliphatic heterocycles. The van der Waals surface area contributed by atoms with Gasteiger partial charge in [0.2, 0.25) is 0 Å². The van der Waals surface area contributed by atoms with Gasteiger partial charge in [-0.1, -0.05) is 122 Å². The van der Waals surface area contributed by atoms with Crippen molar-refractivity contribution >= 4 is 49.8 Å². The summed E-state index contributed by atoms with van der Waals surface area (Å²) >= 11 is 0. The molecule has 2 saturated carbocycles. The quantitative estimate of drug-likeness (QED) is 0.182. The van der Waals surface area contributed by atoms with Crippen LogP contribution in [0.15, 0.2) is 162 Å². The number of hydrogen-bond donors (Lipinski definition) is 0. The molecule has 2 fully saturated rings. The standard InChI is InChI=1S/C47H37NO/c1-2-10-32(11-3-1)38-16-8-12-34-13-9-17-42(47(34)38)39-14-4-6-18-44(39)48(36-24-22-33(23-25-36)43-29-31-20-21-35(43)28-31)37-26-27-41-40-15-5-7-19-45(40)49-46(41)30-37/h1-19,22-27,30-31,35,43H,20-21,28-29H2. The van der Waals surface area contributed by atoms with Crippen LogP contribution in [0.4, 0.5) is 17.1 Å². The molecule has 2 aliphatic carbocycles. The third-order valence-electron chi connectivity index (χ3n) is 11.4. The second-order valence-electron chi connectivity index (χ2n) is 14.1. The lowest BCUT2D eigenvalue weighted by atomic mass is 9.83. The molecule has 7 aromatic carbocycles. The van der Waals surface area contributed by atoms with Crippen molar-refractivity contribution in [3.63, 3.8) is 0 Å². The molecule has 8 aromatic rings. The van der Waals surface area contributed by atoms with Gasteiger partial charge in [-0.15, -0.1) is 0 Å². The number of anilines is 3. The number of para-hydroxylation sites is 2. The molecular weight excluding hydrogens is 595 g/mol. The van der Waals surface area contributed by atoms with Gasteiger partial charge >= 0.3 is 0 Å². The van der Waals surface area contributed by atoms with E-state index in [1.807, 2.05) is 6.07 Å². The van der Waals surface area contributed by atoms with Gasteiger partial charge in [-0.3, -0.25) is 0 Å². The summed E-state index contributed by atoms with van der Waals surface area (Å²) in [6.07, 6.45) is 5.59. The molecule has 0 N–H and O–H groups in total. The van der Waals surface area contributed by atoms with Crippen molar-refractivity contribution < 1.29 is 4.42 Å². The summed E-state index contributed by atoms with van der Waals surface area (Å²) < 4.78 is 6.44. The van der Waals surface area contributed by atoms with Crippen LogP contribution >= 0.6 is 0 Å². The molecule has 0 radical (unpaired) electrons. The van der Waals surface area contributed by atoms with Crippen molar-refractivity contribution in [1.82, 2.24) is 0 Å². The molecule has 2 nitrogen and oxygen atoms in total. The van der Waals surface area contributed by atoms with Gasteiger partial charge in [-0.2, -0.15) is 0 Å². The first-order valence-electron chi connectivity index (χ1n) is 17.8. The molecule has 0 spiro atoms. The molecule has 236 valence electrons. The zero-order valence-electron chi connectivity index (χ0n) is 27.4. The van der Waals surface area contributed by atoms with Gasteiger partial charge in [0, 0.05) is 33.8 Å². The zero-order valence-corrected chi connectivity index (χ0v) is 27.4. The highest BCUT2D eigenvalue weighted by Crippen LogP contribution is 2.53. The SMILES string of the molecule is c1ccc(-c2cccc3cccc(-c4ccccc4N(c4ccc(C5CC6CCC5C6)cc4)c4ccc5c(c4)oc4ccccc45)c23)cc1. The van der Waals surface area contributed by atoms with Crippen LogP contribution in [-0.4, -0.2) is 0 Å². The summed E-state index contributed by atoms with van der Waals surface area (Å²) in [5.41, 5.74) is 11.6. The smallest absolute Gasteiger partial charge is 0.137 e. The van der Waals surface area contributed by atoms with E-state index in [0.717, 1.165) is 50.8 Å². The summed E-state index contributed by atoms with van der Waals surface area (Å²) in [6.45, 7) is 0. The number of nitrogens with zero attached hydrogens (tertiary/aromatic N) is 1. The highest BCUT2D eigenvalue weighted by molar-refractivity contribution is 6.09. The first-order chi connectivity index (χ1) is 24.3.